The van der Waals surface area contributed by atoms with Gasteiger partial charge >= 0.3 is 51.4 Å². The van der Waals surface area contributed by atoms with Crippen molar-refractivity contribution < 1.29 is 64.9 Å². The van der Waals surface area contributed by atoms with Gasteiger partial charge in [0.2, 0.25) is 10.0 Å². The van der Waals surface area contributed by atoms with Gasteiger partial charge in [0.25, 0.3) is 0 Å². The van der Waals surface area contributed by atoms with Crippen LogP contribution in [0.25, 0.3) is 0 Å². The zero-order valence-corrected chi connectivity index (χ0v) is 13.2. The Morgan fingerprint density at radius 1 is 1.47 bits per heavy atom. The monoisotopic (exact) mass is 289 g/mol. The van der Waals surface area contributed by atoms with E-state index in [0.29, 0.717) is 0 Å². The first-order valence-electron chi connectivity index (χ1n) is 3.36. The van der Waals surface area contributed by atoms with Gasteiger partial charge in [-0.1, -0.05) is 29.9 Å². The molecule has 76 valence electrons. The molecule has 0 aliphatic rings. The Hall–Kier alpha value is 0.946. The number of hydrogen-bond donors (Lipinski definition) is 1. The maximum absolute atomic E-state index is 11.0. The summed E-state index contributed by atoms with van der Waals surface area (Å²) in [5.74, 6) is 0. The van der Waals surface area contributed by atoms with Gasteiger partial charge in [-0.3, -0.25) is 0 Å². The van der Waals surface area contributed by atoms with Crippen LogP contribution in [0.3, 0.4) is 0 Å². The van der Waals surface area contributed by atoms with Gasteiger partial charge in [0, 0.05) is 0 Å². The predicted molar refractivity (Wildman–Crippen MR) is 54.5 cm³/mol. The zero-order valence-electron chi connectivity index (χ0n) is 7.73. The van der Waals surface area contributed by atoms with E-state index in [9.17, 15) is 13.5 Å². The van der Waals surface area contributed by atoms with Gasteiger partial charge in [-0.15, -0.1) is 0 Å². The zero-order chi connectivity index (χ0) is 10.9. The van der Waals surface area contributed by atoms with Crippen molar-refractivity contribution in [2.45, 2.75) is 4.90 Å². The average molecular weight is 290 g/mol. The number of nitrogens with two attached hydrogens (primary N) is 1. The van der Waals surface area contributed by atoms with Crippen LogP contribution >= 0.6 is 23.8 Å². The summed E-state index contributed by atoms with van der Waals surface area (Å²) in [6.45, 7) is 0. The summed E-state index contributed by atoms with van der Waals surface area (Å²) < 4.78 is 22.0. The number of sulfonamides is 1. The number of thiocarbonyl (C=S) groups is 1. The molecule has 0 aliphatic carbocycles. The second-order valence-corrected chi connectivity index (χ2v) is 4.79. The summed E-state index contributed by atoms with van der Waals surface area (Å²) >= 11 is 9.93. The Kier molecular flexibility index (Phi) is 6.42. The summed E-state index contributed by atoms with van der Waals surface area (Å²) in [6.07, 6.45) is 0. The molecule has 0 heterocycles. The quantitative estimate of drug-likeness (QED) is 0.465. The Bertz CT molecular complexity index is 489. The van der Waals surface area contributed by atoms with Crippen molar-refractivity contribution in [3.05, 3.63) is 28.8 Å². The smallest absolute Gasteiger partial charge is 0.864 e. The van der Waals surface area contributed by atoms with E-state index < -0.39 is 15.1 Å². The Balaban J connectivity index is 0.00000196. The molecule has 0 spiro atoms. The molecule has 0 saturated carbocycles. The van der Waals surface area contributed by atoms with Crippen LogP contribution < -0.4 is 61.6 Å². The van der Waals surface area contributed by atoms with Crippen molar-refractivity contribution in [3.63, 3.8) is 0 Å². The van der Waals surface area contributed by atoms with Gasteiger partial charge in [0.05, 0.1) is 5.02 Å². The van der Waals surface area contributed by atoms with Crippen LogP contribution in [0, 0.1) is 0 Å². The molecule has 8 heteroatoms. The fraction of sp³-hybridized carbons (Fsp3) is 0. The number of benzene rings is 1. The molecular formula is C7H5ClKNO3S2. The predicted octanol–water partition coefficient (Wildman–Crippen LogP) is -2.97. The molecule has 4 nitrogen and oxygen atoms in total. The summed E-state index contributed by atoms with van der Waals surface area (Å²) in [4.78, 5) is -0.296. The topological polar surface area (TPSA) is 83.2 Å². The SMILES string of the molecule is NS(=O)(=O)c1cc(C([O-])=S)ccc1Cl.[K+]. The third kappa shape index (κ3) is 4.37. The summed E-state index contributed by atoms with van der Waals surface area (Å²) in [5.41, 5.74) is 0.0772. The molecule has 0 unspecified atom stereocenters. The first-order valence-corrected chi connectivity index (χ1v) is 5.69. The summed E-state index contributed by atoms with van der Waals surface area (Å²) in [5, 5.41) is 14.9. The van der Waals surface area contributed by atoms with E-state index in [0.717, 1.165) is 6.07 Å². The number of rotatable bonds is 2. The molecule has 0 aliphatic heterocycles. The van der Waals surface area contributed by atoms with Gasteiger partial charge in [-0.05, 0) is 22.7 Å². The molecule has 1 rings (SSSR count). The first kappa shape index (κ1) is 15.9. The third-order valence-corrected chi connectivity index (χ3v) is 3.10. The third-order valence-electron chi connectivity index (χ3n) is 1.47. The number of hydrogen-bond acceptors (Lipinski definition) is 4. The molecule has 0 radical (unpaired) electrons. The molecule has 1 aromatic rings. The second-order valence-electron chi connectivity index (χ2n) is 2.48. The van der Waals surface area contributed by atoms with Crippen LogP contribution in [-0.2, 0) is 10.0 Å². The van der Waals surface area contributed by atoms with Gasteiger partial charge < -0.3 is 5.11 Å². The molecule has 0 amide bonds. The standard InChI is InChI=1S/C7H6ClNO3S2.K/c8-5-2-1-4(7(10)13)3-6(5)14(9,11)12;/h1-3H,(H,10,13)(H2,9,11,12);/q;+1/p-1. The summed E-state index contributed by atoms with van der Waals surface area (Å²) in [6, 6.07) is 3.67. The average Bonchev–Trinajstić information content (AvgIpc) is 2.02. The van der Waals surface area contributed by atoms with Crippen molar-refractivity contribution >= 4 is 38.9 Å². The minimum absolute atomic E-state index is 0. The largest absolute Gasteiger partial charge is 1.00 e. The Labute approximate surface area is 140 Å². The van der Waals surface area contributed by atoms with Crippen LogP contribution in [0.5, 0.6) is 0 Å². The van der Waals surface area contributed by atoms with Crippen LogP contribution in [0.15, 0.2) is 23.1 Å². The Morgan fingerprint density at radius 3 is 2.40 bits per heavy atom. The van der Waals surface area contributed by atoms with Crippen LogP contribution in [0.1, 0.15) is 5.56 Å². The number of primary sulfonamides is 1. The van der Waals surface area contributed by atoms with Crippen molar-refractivity contribution in [1.29, 1.82) is 0 Å². The number of halogens is 1. The molecule has 0 saturated heterocycles. The van der Waals surface area contributed by atoms with E-state index in [1.165, 1.54) is 12.1 Å². The van der Waals surface area contributed by atoms with E-state index >= 15 is 0 Å². The van der Waals surface area contributed by atoms with Crippen molar-refractivity contribution in [2.75, 3.05) is 0 Å². The Morgan fingerprint density at radius 2 is 2.00 bits per heavy atom. The maximum Gasteiger partial charge on any atom is 1.00 e. The molecule has 0 bridgehead atoms. The van der Waals surface area contributed by atoms with Crippen molar-refractivity contribution in [1.82, 2.24) is 0 Å². The van der Waals surface area contributed by atoms with Crippen LogP contribution in [0.4, 0.5) is 0 Å². The fourth-order valence-electron chi connectivity index (χ4n) is 0.848. The second kappa shape index (κ2) is 6.04. The van der Waals surface area contributed by atoms with E-state index in [1.807, 2.05) is 0 Å². The van der Waals surface area contributed by atoms with Crippen molar-refractivity contribution in [3.8, 4) is 0 Å². The molecule has 0 aromatic heterocycles. The molecule has 0 fully saturated rings. The normalized spacial score (nSPS) is 10.5. The van der Waals surface area contributed by atoms with Gasteiger partial charge in [-0.2, -0.15) is 0 Å². The summed E-state index contributed by atoms with van der Waals surface area (Å²) in [7, 11) is -3.92. The van der Waals surface area contributed by atoms with E-state index in [1.54, 1.807) is 0 Å². The molecule has 15 heavy (non-hydrogen) atoms. The minimum atomic E-state index is -3.92. The molecular weight excluding hydrogens is 285 g/mol. The molecule has 2 N–H and O–H groups in total. The molecule has 1 aromatic carbocycles. The van der Waals surface area contributed by atoms with Crippen molar-refractivity contribution in [2.24, 2.45) is 5.14 Å². The van der Waals surface area contributed by atoms with E-state index in [4.69, 9.17) is 16.7 Å². The van der Waals surface area contributed by atoms with E-state index in [-0.39, 0.29) is 66.9 Å². The molecule has 0 atom stereocenters. The first-order chi connectivity index (χ1) is 6.32. The minimum Gasteiger partial charge on any atom is -0.864 e. The maximum atomic E-state index is 11.0. The van der Waals surface area contributed by atoms with E-state index in [2.05, 4.69) is 12.2 Å². The van der Waals surface area contributed by atoms with Gasteiger partial charge in [0.15, 0.2) is 0 Å². The van der Waals surface area contributed by atoms with Crippen LogP contribution in [0.2, 0.25) is 5.02 Å². The fourth-order valence-corrected chi connectivity index (χ4v) is 2.05. The van der Waals surface area contributed by atoms with Crippen LogP contribution in [-0.4, -0.2) is 13.5 Å². The van der Waals surface area contributed by atoms with Gasteiger partial charge in [-0.25, -0.2) is 13.6 Å². The van der Waals surface area contributed by atoms with Gasteiger partial charge in [0.1, 0.15) is 4.90 Å².